The summed E-state index contributed by atoms with van der Waals surface area (Å²) >= 11 is 0. The first-order valence-corrected chi connectivity index (χ1v) is 6.42. The molecule has 0 saturated carbocycles. The molecule has 0 radical (unpaired) electrons. The monoisotopic (exact) mass is 245 g/mol. The molecule has 1 aromatic rings. The van der Waals surface area contributed by atoms with E-state index in [0.29, 0.717) is 0 Å². The molecule has 1 atom stereocenters. The summed E-state index contributed by atoms with van der Waals surface area (Å²) in [5.74, 6) is -1.37. The highest BCUT2D eigenvalue weighted by Gasteiger charge is 2.17. The molecule has 16 heavy (non-hydrogen) atoms. The lowest BCUT2D eigenvalue weighted by atomic mass is 10.1. The number of halogens is 1. The van der Waals surface area contributed by atoms with Gasteiger partial charge in [-0.15, -0.1) is 0 Å². The second-order valence-corrected chi connectivity index (χ2v) is 5.55. The molecule has 0 spiro atoms. The maximum absolute atomic E-state index is 13.4. The Morgan fingerprint density at radius 1 is 1.44 bits per heavy atom. The Labute approximate surface area is 93.2 Å². The van der Waals surface area contributed by atoms with E-state index in [4.69, 9.17) is 5.73 Å². The van der Waals surface area contributed by atoms with Crippen molar-refractivity contribution in [2.24, 2.45) is 5.73 Å². The molecule has 0 aliphatic heterocycles. The standard InChI is InChI=1S/C10H12FNO3S/c1-6(12)10(13)7-3-4-9(8(11)5-7)16(2,14)15/h3-6H,12H2,1-2H3. The zero-order chi connectivity index (χ0) is 12.5. The quantitative estimate of drug-likeness (QED) is 0.797. The Morgan fingerprint density at radius 3 is 2.38 bits per heavy atom. The van der Waals surface area contributed by atoms with Crippen LogP contribution in [0.15, 0.2) is 23.1 Å². The summed E-state index contributed by atoms with van der Waals surface area (Å²) in [5, 5.41) is 0. The molecule has 1 aromatic carbocycles. The highest BCUT2D eigenvalue weighted by atomic mass is 32.2. The minimum atomic E-state index is -3.61. The third kappa shape index (κ3) is 2.65. The van der Waals surface area contributed by atoms with Gasteiger partial charge in [-0.1, -0.05) is 0 Å². The largest absolute Gasteiger partial charge is 0.321 e. The molecule has 88 valence electrons. The molecular formula is C10H12FNO3S. The third-order valence-corrected chi connectivity index (χ3v) is 3.16. The highest BCUT2D eigenvalue weighted by Crippen LogP contribution is 2.16. The normalized spacial score (nSPS) is 13.5. The topological polar surface area (TPSA) is 77.2 Å². The zero-order valence-electron chi connectivity index (χ0n) is 8.90. The first kappa shape index (κ1) is 12.8. The molecule has 0 fully saturated rings. The van der Waals surface area contributed by atoms with Crippen LogP contribution in [0.5, 0.6) is 0 Å². The number of nitrogens with two attached hydrogens (primary N) is 1. The van der Waals surface area contributed by atoms with Crippen LogP contribution in [0.1, 0.15) is 17.3 Å². The van der Waals surface area contributed by atoms with Crippen molar-refractivity contribution in [3.8, 4) is 0 Å². The summed E-state index contributed by atoms with van der Waals surface area (Å²) in [6.45, 7) is 1.48. The average Bonchev–Trinajstić information content (AvgIpc) is 2.14. The summed E-state index contributed by atoms with van der Waals surface area (Å²) in [5.41, 5.74) is 5.42. The molecular weight excluding hydrogens is 233 g/mol. The smallest absolute Gasteiger partial charge is 0.179 e. The number of Topliss-reactive ketones (excluding diaryl/α,β-unsaturated/α-hetero) is 1. The average molecular weight is 245 g/mol. The molecule has 1 rings (SSSR count). The Bertz CT molecular complexity index is 523. The molecule has 0 aromatic heterocycles. The van der Waals surface area contributed by atoms with Crippen molar-refractivity contribution in [2.75, 3.05) is 6.26 Å². The summed E-state index contributed by atoms with van der Waals surface area (Å²) in [7, 11) is -3.61. The van der Waals surface area contributed by atoms with Gasteiger partial charge in [0.25, 0.3) is 0 Å². The second kappa shape index (κ2) is 4.31. The molecule has 6 heteroatoms. The van der Waals surface area contributed by atoms with E-state index >= 15 is 0 Å². The second-order valence-electron chi connectivity index (χ2n) is 3.57. The van der Waals surface area contributed by atoms with Gasteiger partial charge in [0, 0.05) is 11.8 Å². The van der Waals surface area contributed by atoms with E-state index in [1.54, 1.807) is 0 Å². The van der Waals surface area contributed by atoms with Crippen molar-refractivity contribution in [1.82, 2.24) is 0 Å². The van der Waals surface area contributed by atoms with Gasteiger partial charge in [-0.25, -0.2) is 12.8 Å². The number of sulfone groups is 1. The predicted octanol–water partition coefficient (Wildman–Crippen LogP) is 0.759. The van der Waals surface area contributed by atoms with Gasteiger partial charge in [0.2, 0.25) is 0 Å². The Hall–Kier alpha value is -1.27. The van der Waals surface area contributed by atoms with Gasteiger partial charge >= 0.3 is 0 Å². The molecule has 1 unspecified atom stereocenters. The number of rotatable bonds is 3. The number of benzene rings is 1. The van der Waals surface area contributed by atoms with Gasteiger partial charge in [-0.3, -0.25) is 4.79 Å². The molecule has 0 bridgehead atoms. The van der Waals surface area contributed by atoms with Gasteiger partial charge < -0.3 is 5.73 Å². The minimum Gasteiger partial charge on any atom is -0.321 e. The predicted molar refractivity (Wildman–Crippen MR) is 57.5 cm³/mol. The van der Waals surface area contributed by atoms with Crippen LogP contribution < -0.4 is 5.73 Å². The summed E-state index contributed by atoms with van der Waals surface area (Å²) in [6, 6.07) is 2.47. The SMILES string of the molecule is CC(N)C(=O)c1ccc(S(C)(=O)=O)c(F)c1. The van der Waals surface area contributed by atoms with E-state index in [2.05, 4.69) is 0 Å². The van der Waals surface area contributed by atoms with Crippen molar-refractivity contribution < 1.29 is 17.6 Å². The van der Waals surface area contributed by atoms with Crippen molar-refractivity contribution in [2.45, 2.75) is 17.9 Å². The van der Waals surface area contributed by atoms with Gasteiger partial charge in [0.15, 0.2) is 15.6 Å². The van der Waals surface area contributed by atoms with Crippen molar-refractivity contribution >= 4 is 15.6 Å². The number of hydrogen-bond acceptors (Lipinski definition) is 4. The van der Waals surface area contributed by atoms with E-state index in [0.717, 1.165) is 18.4 Å². The number of carbonyl (C=O) groups is 1. The molecule has 0 heterocycles. The molecule has 0 aliphatic rings. The van der Waals surface area contributed by atoms with Crippen LogP contribution in [-0.2, 0) is 9.84 Å². The number of ketones is 1. The van der Waals surface area contributed by atoms with Gasteiger partial charge in [-0.2, -0.15) is 0 Å². The Balaban J connectivity index is 3.25. The fraction of sp³-hybridized carbons (Fsp3) is 0.300. The Morgan fingerprint density at radius 2 is 2.00 bits per heavy atom. The molecule has 0 amide bonds. The van der Waals surface area contributed by atoms with Gasteiger partial charge in [-0.05, 0) is 25.1 Å². The van der Waals surface area contributed by atoms with Gasteiger partial charge in [0.05, 0.1) is 6.04 Å². The third-order valence-electron chi connectivity index (χ3n) is 2.03. The fourth-order valence-corrected chi connectivity index (χ4v) is 1.95. The molecule has 4 nitrogen and oxygen atoms in total. The summed E-state index contributed by atoms with van der Waals surface area (Å²) in [6.07, 6.45) is 0.901. The van der Waals surface area contributed by atoms with Crippen LogP contribution >= 0.6 is 0 Å². The Kier molecular flexibility index (Phi) is 3.44. The van der Waals surface area contributed by atoms with Crippen LogP contribution in [0, 0.1) is 5.82 Å². The summed E-state index contributed by atoms with van der Waals surface area (Å²) < 4.78 is 35.6. The lowest BCUT2D eigenvalue weighted by molar-refractivity contribution is 0.0967. The maximum atomic E-state index is 13.4. The highest BCUT2D eigenvalue weighted by molar-refractivity contribution is 7.90. The van der Waals surface area contributed by atoms with E-state index in [1.165, 1.54) is 13.0 Å². The maximum Gasteiger partial charge on any atom is 0.179 e. The van der Waals surface area contributed by atoms with Crippen LogP contribution in [0.3, 0.4) is 0 Å². The fourth-order valence-electron chi connectivity index (χ4n) is 1.22. The first-order chi connectivity index (χ1) is 7.23. The minimum absolute atomic E-state index is 0.0694. The van der Waals surface area contributed by atoms with E-state index in [-0.39, 0.29) is 5.56 Å². The molecule has 2 N–H and O–H groups in total. The van der Waals surface area contributed by atoms with Crippen LogP contribution in [-0.4, -0.2) is 26.5 Å². The van der Waals surface area contributed by atoms with E-state index < -0.39 is 32.4 Å². The van der Waals surface area contributed by atoms with Crippen molar-refractivity contribution in [1.29, 1.82) is 0 Å². The van der Waals surface area contributed by atoms with Crippen LogP contribution in [0.4, 0.5) is 4.39 Å². The van der Waals surface area contributed by atoms with E-state index in [9.17, 15) is 17.6 Å². The molecule has 0 saturated heterocycles. The van der Waals surface area contributed by atoms with E-state index in [1.807, 2.05) is 0 Å². The number of carbonyl (C=O) groups excluding carboxylic acids is 1. The lowest BCUT2D eigenvalue weighted by Gasteiger charge is -2.06. The van der Waals surface area contributed by atoms with Crippen LogP contribution in [0.2, 0.25) is 0 Å². The van der Waals surface area contributed by atoms with Gasteiger partial charge in [0.1, 0.15) is 10.7 Å². The van der Waals surface area contributed by atoms with Crippen molar-refractivity contribution in [3.05, 3.63) is 29.6 Å². The van der Waals surface area contributed by atoms with Crippen molar-refractivity contribution in [3.63, 3.8) is 0 Å². The molecule has 0 aliphatic carbocycles. The van der Waals surface area contributed by atoms with Crippen LogP contribution in [0.25, 0.3) is 0 Å². The lowest BCUT2D eigenvalue weighted by Crippen LogP contribution is -2.26. The number of hydrogen-bond donors (Lipinski definition) is 1. The first-order valence-electron chi connectivity index (χ1n) is 4.53. The summed E-state index contributed by atoms with van der Waals surface area (Å²) in [4.78, 5) is 11.0. The zero-order valence-corrected chi connectivity index (χ0v) is 9.71.